The summed E-state index contributed by atoms with van der Waals surface area (Å²) in [5.41, 5.74) is 5.66. The second-order valence-corrected chi connectivity index (χ2v) is 2.41. The van der Waals surface area contributed by atoms with Crippen molar-refractivity contribution < 1.29 is 10.2 Å². The van der Waals surface area contributed by atoms with Crippen LogP contribution >= 0.6 is 0 Å². The Hall–Kier alpha value is -0.120. The van der Waals surface area contributed by atoms with E-state index in [2.05, 4.69) is 6.92 Å². The molecule has 3 nitrogen and oxygen atoms in total. The van der Waals surface area contributed by atoms with Crippen LogP contribution in [0.15, 0.2) is 0 Å². The van der Waals surface area contributed by atoms with Gasteiger partial charge in [0.25, 0.3) is 0 Å². The second kappa shape index (κ2) is 17.1. The van der Waals surface area contributed by atoms with E-state index in [0.29, 0.717) is 6.04 Å². The first-order valence-corrected chi connectivity index (χ1v) is 4.12. The van der Waals surface area contributed by atoms with E-state index in [1.807, 2.05) is 0 Å². The molecule has 1 atom stereocenters. The first-order chi connectivity index (χ1) is 5.31. The molecule has 4 N–H and O–H groups in total. The van der Waals surface area contributed by atoms with Crippen molar-refractivity contribution in [2.24, 2.45) is 5.73 Å². The van der Waals surface area contributed by atoms with Crippen molar-refractivity contribution in [3.63, 3.8) is 0 Å². The van der Waals surface area contributed by atoms with E-state index in [1.54, 1.807) is 0 Å². The van der Waals surface area contributed by atoms with Crippen molar-refractivity contribution in [2.75, 3.05) is 13.7 Å². The van der Waals surface area contributed by atoms with E-state index >= 15 is 0 Å². The predicted molar refractivity (Wildman–Crippen MR) is 54.1 cm³/mol. The number of nitrogens with two attached hydrogens (primary N) is 1. The van der Waals surface area contributed by atoms with Crippen molar-refractivity contribution in [1.82, 2.24) is 0 Å². The molecule has 3 heteroatoms. The van der Waals surface area contributed by atoms with Crippen LogP contribution in [0.3, 0.4) is 0 Å². The summed E-state index contributed by atoms with van der Waals surface area (Å²) in [7, 11) is 1.00. The molecule has 0 bridgehead atoms. The number of hydrogen-bond donors (Lipinski definition) is 3. The summed E-state index contributed by atoms with van der Waals surface area (Å²) in [6.07, 6.45) is 4.04. The van der Waals surface area contributed by atoms with E-state index in [-0.39, 0.29) is 14.0 Å². The van der Waals surface area contributed by atoms with Gasteiger partial charge in [0.05, 0.1) is 0 Å². The van der Waals surface area contributed by atoms with Gasteiger partial charge in [-0.3, -0.25) is 0 Å². The molecule has 0 aromatic heterocycles. The molecule has 0 spiro atoms. The van der Waals surface area contributed by atoms with Crippen LogP contribution in [-0.2, 0) is 0 Å². The van der Waals surface area contributed by atoms with E-state index in [0.717, 1.165) is 32.8 Å². The maximum atomic E-state index is 8.43. The minimum atomic E-state index is 0. The van der Waals surface area contributed by atoms with Gasteiger partial charge >= 0.3 is 0 Å². The third-order valence-electron chi connectivity index (χ3n) is 1.39. The van der Waals surface area contributed by atoms with E-state index in [9.17, 15) is 0 Å². The average molecular weight is 179 g/mol. The lowest BCUT2D eigenvalue weighted by Gasteiger charge is -2.07. The summed E-state index contributed by atoms with van der Waals surface area (Å²) in [4.78, 5) is 0. The number of aliphatic hydroxyl groups excluding tert-OH is 2. The highest BCUT2D eigenvalue weighted by molar-refractivity contribution is 4.58. The van der Waals surface area contributed by atoms with Gasteiger partial charge in [0.1, 0.15) is 0 Å². The maximum absolute atomic E-state index is 8.43. The van der Waals surface area contributed by atoms with Crippen LogP contribution in [0, 0.1) is 0 Å². The largest absolute Gasteiger partial charge is 0.400 e. The minimum Gasteiger partial charge on any atom is -0.400 e. The van der Waals surface area contributed by atoms with Crippen LogP contribution in [0.25, 0.3) is 0 Å². The lowest BCUT2D eigenvalue weighted by atomic mass is 10.1. The van der Waals surface area contributed by atoms with Crippen molar-refractivity contribution in [3.8, 4) is 0 Å². The lowest BCUT2D eigenvalue weighted by Crippen LogP contribution is -2.19. The Bertz CT molecular complexity index is 60.5. The second-order valence-electron chi connectivity index (χ2n) is 2.41. The van der Waals surface area contributed by atoms with Crippen LogP contribution in [0.5, 0.6) is 0 Å². The molecule has 0 aliphatic heterocycles. The summed E-state index contributed by atoms with van der Waals surface area (Å²) >= 11 is 0. The van der Waals surface area contributed by atoms with Gasteiger partial charge in [-0.05, 0) is 19.3 Å². The summed E-state index contributed by atoms with van der Waals surface area (Å²) in [5, 5.41) is 15.4. The van der Waals surface area contributed by atoms with Crippen molar-refractivity contribution in [3.05, 3.63) is 0 Å². The van der Waals surface area contributed by atoms with Crippen LogP contribution in [0.4, 0.5) is 0 Å². The molecule has 0 aliphatic rings. The Kier molecular flexibility index (Phi) is 25.4. The molecule has 0 heterocycles. The zero-order valence-electron chi connectivity index (χ0n) is 7.58. The molecule has 0 saturated carbocycles. The van der Waals surface area contributed by atoms with Crippen molar-refractivity contribution in [1.29, 1.82) is 0 Å². The number of hydrogen-bond acceptors (Lipinski definition) is 3. The first kappa shape index (κ1) is 17.8. The minimum absolute atomic E-state index is 0. The summed E-state index contributed by atoms with van der Waals surface area (Å²) in [6, 6.07) is 0.308. The number of rotatable bonds is 5. The molecule has 0 amide bonds. The molecule has 0 aromatic carbocycles. The van der Waals surface area contributed by atoms with Gasteiger partial charge in [-0.15, -0.1) is 0 Å². The molecule has 1 unspecified atom stereocenters. The van der Waals surface area contributed by atoms with Gasteiger partial charge in [-0.1, -0.05) is 20.8 Å². The molecule has 0 rings (SSSR count). The van der Waals surface area contributed by atoms with Crippen LogP contribution in [0.1, 0.15) is 40.0 Å². The molecule has 0 saturated heterocycles. The Morgan fingerprint density at radius 3 is 2.08 bits per heavy atom. The summed E-state index contributed by atoms with van der Waals surface area (Å²) in [5.74, 6) is 0. The van der Waals surface area contributed by atoms with E-state index in [1.165, 1.54) is 0 Å². The molecule has 0 aliphatic carbocycles. The molecular formula is C9H25NO2. The normalized spacial score (nSPS) is 10.8. The Morgan fingerprint density at radius 1 is 1.25 bits per heavy atom. The molecule has 0 radical (unpaired) electrons. The third-order valence-corrected chi connectivity index (χ3v) is 1.39. The first-order valence-electron chi connectivity index (χ1n) is 4.12. The third kappa shape index (κ3) is 16.5. The molecule has 78 valence electrons. The Morgan fingerprint density at radius 2 is 1.75 bits per heavy atom. The summed E-state index contributed by atoms with van der Waals surface area (Å²) < 4.78 is 0. The molecule has 12 heavy (non-hydrogen) atoms. The molecular weight excluding hydrogens is 154 g/mol. The highest BCUT2D eigenvalue weighted by Crippen LogP contribution is 2.00. The SMILES string of the molecule is C.CCCC(N)CCCO.CO. The van der Waals surface area contributed by atoms with E-state index < -0.39 is 0 Å². The van der Waals surface area contributed by atoms with Gasteiger partial charge in [0.15, 0.2) is 0 Å². The maximum Gasteiger partial charge on any atom is 0.0431 e. The van der Waals surface area contributed by atoms with Crippen LogP contribution in [0.2, 0.25) is 0 Å². The van der Waals surface area contributed by atoms with Crippen LogP contribution < -0.4 is 5.73 Å². The zero-order valence-corrected chi connectivity index (χ0v) is 7.58. The van der Waals surface area contributed by atoms with Crippen LogP contribution in [-0.4, -0.2) is 30.0 Å². The summed E-state index contributed by atoms with van der Waals surface area (Å²) in [6.45, 7) is 2.40. The topological polar surface area (TPSA) is 66.5 Å². The number of aliphatic hydroxyl groups is 2. The van der Waals surface area contributed by atoms with E-state index in [4.69, 9.17) is 15.9 Å². The standard InChI is InChI=1S/C7H17NO.CH4O.CH4/c1-2-4-7(8)5-3-6-9;1-2;/h7,9H,2-6,8H2,1H3;2H,1H3;1H4. The van der Waals surface area contributed by atoms with Gasteiger partial charge in [0, 0.05) is 19.8 Å². The highest BCUT2D eigenvalue weighted by atomic mass is 16.3. The van der Waals surface area contributed by atoms with Crippen molar-refractivity contribution >= 4 is 0 Å². The smallest absolute Gasteiger partial charge is 0.0431 e. The Labute approximate surface area is 76.6 Å². The Balaban J connectivity index is -0.000000249. The molecule has 0 fully saturated rings. The fourth-order valence-electron chi connectivity index (χ4n) is 0.869. The zero-order chi connectivity index (χ0) is 9.11. The van der Waals surface area contributed by atoms with Gasteiger partial charge in [0.2, 0.25) is 0 Å². The fraction of sp³-hybridized carbons (Fsp3) is 1.00. The van der Waals surface area contributed by atoms with Gasteiger partial charge in [-0.2, -0.15) is 0 Å². The lowest BCUT2D eigenvalue weighted by molar-refractivity contribution is 0.278. The quantitative estimate of drug-likeness (QED) is 0.592. The van der Waals surface area contributed by atoms with Gasteiger partial charge < -0.3 is 15.9 Å². The van der Waals surface area contributed by atoms with Crippen molar-refractivity contribution in [2.45, 2.75) is 46.1 Å². The monoisotopic (exact) mass is 179 g/mol. The molecule has 0 aromatic rings. The predicted octanol–water partition coefficient (Wildman–Crippen LogP) is 1.13. The fourth-order valence-corrected chi connectivity index (χ4v) is 0.869. The van der Waals surface area contributed by atoms with Gasteiger partial charge in [-0.25, -0.2) is 0 Å². The highest BCUT2D eigenvalue weighted by Gasteiger charge is 1.98. The average Bonchev–Trinajstić information content (AvgIpc) is 2.05.